The molecular formula is C76H48N6. The number of rotatable bonds is 8. The van der Waals surface area contributed by atoms with Crippen LogP contribution < -0.4 is 0 Å². The van der Waals surface area contributed by atoms with Crippen molar-refractivity contribution in [1.82, 2.24) is 29.1 Å². The Hall–Kier alpha value is -10.8. The highest BCUT2D eigenvalue weighted by atomic mass is 15.0. The van der Waals surface area contributed by atoms with Crippen molar-refractivity contribution in [3.8, 4) is 79.2 Å². The second-order valence-corrected chi connectivity index (χ2v) is 21.6. The van der Waals surface area contributed by atoms with E-state index in [9.17, 15) is 0 Å². The van der Waals surface area contributed by atoms with Gasteiger partial charge in [-0.25, -0.2) is 19.9 Å². The molecule has 0 fully saturated rings. The monoisotopic (exact) mass is 1040 g/mol. The largest absolute Gasteiger partial charge is 0.309 e. The van der Waals surface area contributed by atoms with E-state index in [1.54, 1.807) is 0 Å². The van der Waals surface area contributed by atoms with Gasteiger partial charge in [-0.1, -0.05) is 206 Å². The van der Waals surface area contributed by atoms with Gasteiger partial charge in [-0.05, 0) is 106 Å². The molecule has 4 heterocycles. The van der Waals surface area contributed by atoms with Crippen molar-refractivity contribution in [2.75, 3.05) is 0 Å². The number of hydrogen-bond donors (Lipinski definition) is 0. The summed E-state index contributed by atoms with van der Waals surface area (Å²) in [4.78, 5) is 21.9. The quantitative estimate of drug-likeness (QED) is 0.152. The molecule has 6 nitrogen and oxygen atoms in total. The molecule has 15 aromatic rings. The Kier molecular flexibility index (Phi) is 10.3. The van der Waals surface area contributed by atoms with Crippen LogP contribution in [0.5, 0.6) is 0 Å². The van der Waals surface area contributed by atoms with Crippen LogP contribution in [0.4, 0.5) is 0 Å². The van der Waals surface area contributed by atoms with Gasteiger partial charge in [-0.15, -0.1) is 0 Å². The fraction of sp³-hybridized carbons (Fsp3) is 0.0263. The summed E-state index contributed by atoms with van der Waals surface area (Å²) in [6.45, 7) is 0. The SMILES string of the molecule is c1ccc(-c2cc(-c3cccc4c3c3ccccc3n4-c3ccccc3)nc(-c3ccc4c(c3)C3c5ccccc5[C@H]4c4cc(-c5nc(-c6ccccc6)cc(-c6cccc7c6c6ccccc6n7-c6ccccc6)n5)ccc43)n2)cc1. The van der Waals surface area contributed by atoms with E-state index in [4.69, 9.17) is 19.9 Å². The molecule has 0 N–H and O–H groups in total. The first-order valence-corrected chi connectivity index (χ1v) is 28.1. The minimum atomic E-state index is 0.00140. The zero-order valence-electron chi connectivity index (χ0n) is 44.4. The van der Waals surface area contributed by atoms with Crippen LogP contribution in [0.1, 0.15) is 45.2 Å². The molecule has 382 valence electrons. The van der Waals surface area contributed by atoms with Gasteiger partial charge >= 0.3 is 0 Å². The van der Waals surface area contributed by atoms with E-state index in [1.165, 1.54) is 54.9 Å². The van der Waals surface area contributed by atoms with Crippen LogP contribution in [0.25, 0.3) is 123 Å². The first-order chi connectivity index (χ1) is 40.7. The van der Waals surface area contributed by atoms with Crippen LogP contribution in [0.15, 0.2) is 279 Å². The first kappa shape index (κ1) is 46.1. The van der Waals surface area contributed by atoms with Gasteiger partial charge in [0.25, 0.3) is 0 Å². The normalized spacial score (nSPS) is 14.1. The van der Waals surface area contributed by atoms with Crippen LogP contribution in [0, 0.1) is 0 Å². The molecule has 6 heteroatoms. The van der Waals surface area contributed by atoms with Gasteiger partial charge in [0.05, 0.1) is 44.8 Å². The van der Waals surface area contributed by atoms with Gasteiger partial charge in [0.1, 0.15) is 0 Å². The van der Waals surface area contributed by atoms with Gasteiger partial charge in [0, 0.05) is 78.1 Å². The van der Waals surface area contributed by atoms with Crippen molar-refractivity contribution < 1.29 is 0 Å². The van der Waals surface area contributed by atoms with Crippen molar-refractivity contribution in [2.45, 2.75) is 11.8 Å². The summed E-state index contributed by atoms with van der Waals surface area (Å²) in [7, 11) is 0. The van der Waals surface area contributed by atoms with Crippen LogP contribution in [0.3, 0.4) is 0 Å². The topological polar surface area (TPSA) is 61.4 Å². The standard InChI is InChI=1S/C76H48N6/c1-5-21-47(22-6-1)63-45-65(57-33-19-37-69-73(57)59-31-15-17-35-67(59)81(69)51-25-9-3-10-26-51)79-75(77-63)49-39-41-55-61(43-49)71-53-29-13-14-30-54(53)72(55)62-44-50(40-42-56(62)71)76-78-64(48-23-7-2-8-24-48)46-66(80-76)58-34-20-38-70-74(58)60-32-16-18-36-68(60)82(70)52-27-11-4-12-28-52/h1-46,71-72H/t71-,72?/m1/s1. The fourth-order valence-electron chi connectivity index (χ4n) is 13.6. The average molecular weight is 1050 g/mol. The van der Waals surface area contributed by atoms with Crippen LogP contribution in [-0.2, 0) is 0 Å². The molecule has 2 atom stereocenters. The second-order valence-electron chi connectivity index (χ2n) is 21.6. The summed E-state index contributed by atoms with van der Waals surface area (Å²) in [6.07, 6.45) is 0. The minimum absolute atomic E-state index is 0.00140. The zero-order valence-corrected chi connectivity index (χ0v) is 44.4. The molecule has 4 aromatic heterocycles. The van der Waals surface area contributed by atoms with E-state index in [0.29, 0.717) is 11.6 Å². The lowest BCUT2D eigenvalue weighted by Crippen LogP contribution is -2.27. The Morgan fingerprint density at radius 1 is 0.244 bits per heavy atom. The fourth-order valence-corrected chi connectivity index (χ4v) is 13.6. The molecule has 0 saturated carbocycles. The van der Waals surface area contributed by atoms with Crippen LogP contribution >= 0.6 is 0 Å². The number of benzene rings is 11. The number of para-hydroxylation sites is 4. The maximum atomic E-state index is 5.55. The third-order valence-corrected chi connectivity index (χ3v) is 17.1. The molecule has 18 rings (SSSR count). The Labute approximate surface area is 473 Å². The lowest BCUT2D eigenvalue weighted by atomic mass is 9.61. The number of nitrogens with zero attached hydrogens (tertiary/aromatic N) is 6. The average Bonchev–Trinajstić information content (AvgIpc) is 1.68. The van der Waals surface area contributed by atoms with Gasteiger partial charge < -0.3 is 9.13 Å². The molecule has 82 heavy (non-hydrogen) atoms. The summed E-state index contributed by atoms with van der Waals surface area (Å²) in [6, 6.07) is 100. The molecule has 0 aliphatic heterocycles. The van der Waals surface area contributed by atoms with E-state index in [0.717, 1.165) is 89.6 Å². The number of hydrogen-bond acceptors (Lipinski definition) is 4. The maximum absolute atomic E-state index is 5.55. The van der Waals surface area contributed by atoms with E-state index < -0.39 is 0 Å². The van der Waals surface area contributed by atoms with E-state index in [-0.39, 0.29) is 11.8 Å². The Morgan fingerprint density at radius 3 is 1.04 bits per heavy atom. The molecule has 0 radical (unpaired) electrons. The Bertz CT molecular complexity index is 4720. The molecular weight excluding hydrogens is 997 g/mol. The summed E-state index contributed by atoms with van der Waals surface area (Å²) in [5.41, 5.74) is 24.4. The molecule has 0 saturated heterocycles. The van der Waals surface area contributed by atoms with Gasteiger partial charge in [-0.2, -0.15) is 0 Å². The van der Waals surface area contributed by atoms with Crippen molar-refractivity contribution in [3.63, 3.8) is 0 Å². The Morgan fingerprint density at radius 2 is 0.598 bits per heavy atom. The molecule has 0 spiro atoms. The van der Waals surface area contributed by atoms with E-state index >= 15 is 0 Å². The van der Waals surface area contributed by atoms with Crippen LogP contribution in [-0.4, -0.2) is 29.1 Å². The highest BCUT2D eigenvalue weighted by Gasteiger charge is 2.42. The molecule has 1 unspecified atom stereocenters. The third-order valence-electron chi connectivity index (χ3n) is 17.1. The molecule has 3 aliphatic rings. The summed E-state index contributed by atoms with van der Waals surface area (Å²) < 4.78 is 4.73. The van der Waals surface area contributed by atoms with Gasteiger partial charge in [0.15, 0.2) is 11.6 Å². The Balaban J connectivity index is 0.811. The van der Waals surface area contributed by atoms with Gasteiger partial charge in [0.2, 0.25) is 0 Å². The lowest BCUT2D eigenvalue weighted by molar-refractivity contribution is 0.754. The molecule has 3 aliphatic carbocycles. The predicted molar refractivity (Wildman–Crippen MR) is 334 cm³/mol. The van der Waals surface area contributed by atoms with E-state index in [1.807, 2.05) is 0 Å². The first-order valence-electron chi connectivity index (χ1n) is 28.1. The lowest BCUT2D eigenvalue weighted by Gasteiger charge is -2.42. The molecule has 2 bridgehead atoms. The smallest absolute Gasteiger partial charge is 0.160 e. The summed E-state index contributed by atoms with van der Waals surface area (Å²) in [5.74, 6) is 1.39. The molecule has 11 aromatic carbocycles. The van der Waals surface area contributed by atoms with Gasteiger partial charge in [-0.3, -0.25) is 0 Å². The third kappa shape index (κ3) is 7.14. The summed E-state index contributed by atoms with van der Waals surface area (Å²) in [5, 5.41) is 4.69. The van der Waals surface area contributed by atoms with Crippen molar-refractivity contribution in [3.05, 3.63) is 312 Å². The summed E-state index contributed by atoms with van der Waals surface area (Å²) >= 11 is 0. The minimum Gasteiger partial charge on any atom is -0.309 e. The van der Waals surface area contributed by atoms with Crippen LogP contribution in [0.2, 0.25) is 0 Å². The van der Waals surface area contributed by atoms with Crippen molar-refractivity contribution in [2.24, 2.45) is 0 Å². The second kappa shape index (κ2) is 18.4. The van der Waals surface area contributed by atoms with Crippen molar-refractivity contribution in [1.29, 1.82) is 0 Å². The number of aromatic nitrogens is 6. The van der Waals surface area contributed by atoms with E-state index in [2.05, 4.69) is 288 Å². The van der Waals surface area contributed by atoms with Crippen molar-refractivity contribution >= 4 is 43.6 Å². The highest BCUT2D eigenvalue weighted by molar-refractivity contribution is 6.17. The predicted octanol–water partition coefficient (Wildman–Crippen LogP) is 18.4. The molecule has 0 amide bonds. The highest BCUT2D eigenvalue weighted by Crippen LogP contribution is 2.57. The maximum Gasteiger partial charge on any atom is 0.160 e. The number of fused-ring (bicyclic) bond motifs is 6. The zero-order chi connectivity index (χ0) is 53.8.